The molecule has 0 radical (unpaired) electrons. The van der Waals surface area contributed by atoms with Crippen molar-refractivity contribution < 1.29 is 14.6 Å². The van der Waals surface area contributed by atoms with Crippen LogP contribution in [-0.4, -0.2) is 29.4 Å². The first kappa shape index (κ1) is 19.3. The summed E-state index contributed by atoms with van der Waals surface area (Å²) in [6, 6.07) is 12.3. The molecule has 24 heavy (non-hydrogen) atoms. The lowest BCUT2D eigenvalue weighted by Gasteiger charge is -2.09. The summed E-state index contributed by atoms with van der Waals surface area (Å²) in [6.45, 7) is 1.66. The fourth-order valence-corrected chi connectivity index (χ4v) is 3.06. The van der Waals surface area contributed by atoms with Gasteiger partial charge in [-0.1, -0.05) is 47.6 Å². The van der Waals surface area contributed by atoms with Crippen molar-refractivity contribution in [2.45, 2.75) is 38.5 Å². The zero-order valence-electron chi connectivity index (χ0n) is 14.2. The Hall–Kier alpha value is -1.01. The summed E-state index contributed by atoms with van der Waals surface area (Å²) in [6.07, 6.45) is 6.63. The summed E-state index contributed by atoms with van der Waals surface area (Å²) in [5, 5.41) is 11.1. The van der Waals surface area contributed by atoms with Crippen LogP contribution < -0.4 is 9.47 Å². The second-order valence-corrected chi connectivity index (χ2v) is 6.98. The molecule has 4 heteroatoms. The molecule has 0 bridgehead atoms. The Balaban J connectivity index is 1.82. The van der Waals surface area contributed by atoms with Gasteiger partial charge in [0.2, 0.25) is 0 Å². The molecule has 0 aromatic heterocycles. The summed E-state index contributed by atoms with van der Waals surface area (Å²) in [7, 11) is 0. The van der Waals surface area contributed by atoms with Crippen LogP contribution in [0.1, 0.15) is 38.5 Å². The summed E-state index contributed by atoms with van der Waals surface area (Å²) < 4.78 is 12.8. The molecule has 0 spiro atoms. The zero-order valence-corrected chi connectivity index (χ0v) is 16.3. The smallest absolute Gasteiger partial charge is 0.119 e. The van der Waals surface area contributed by atoms with E-state index in [9.17, 15) is 0 Å². The van der Waals surface area contributed by atoms with Crippen LogP contribution >= 0.6 is 22.6 Å². The van der Waals surface area contributed by atoms with E-state index >= 15 is 0 Å². The molecule has 2 rings (SSSR count). The SMILES string of the molecule is OCCCCOc1ccc2cc(OCCCCCCI)ccc2c1. The molecule has 0 aliphatic heterocycles. The number of fused-ring (bicyclic) bond motifs is 1. The molecule has 0 amide bonds. The van der Waals surface area contributed by atoms with E-state index in [-0.39, 0.29) is 6.61 Å². The first-order chi connectivity index (χ1) is 11.8. The summed E-state index contributed by atoms with van der Waals surface area (Å²) in [5.74, 6) is 1.82. The number of hydrogen-bond donors (Lipinski definition) is 1. The molecule has 2 aromatic rings. The van der Waals surface area contributed by atoms with E-state index < -0.39 is 0 Å². The minimum absolute atomic E-state index is 0.224. The van der Waals surface area contributed by atoms with Crippen molar-refractivity contribution in [1.29, 1.82) is 0 Å². The Morgan fingerprint density at radius 3 is 1.79 bits per heavy atom. The van der Waals surface area contributed by atoms with Crippen LogP contribution in [0, 0.1) is 0 Å². The maximum absolute atomic E-state index is 8.78. The average Bonchev–Trinajstić information content (AvgIpc) is 2.61. The third-order valence-corrected chi connectivity index (χ3v) is 4.66. The lowest BCUT2D eigenvalue weighted by atomic mass is 10.1. The summed E-state index contributed by atoms with van der Waals surface area (Å²) >= 11 is 2.43. The summed E-state index contributed by atoms with van der Waals surface area (Å²) in [4.78, 5) is 0. The molecule has 0 fully saturated rings. The second-order valence-electron chi connectivity index (χ2n) is 5.90. The third kappa shape index (κ3) is 6.85. The maximum atomic E-state index is 8.78. The Kier molecular flexibility index (Phi) is 9.28. The highest BCUT2D eigenvalue weighted by Gasteiger charge is 2.01. The van der Waals surface area contributed by atoms with Gasteiger partial charge in [-0.25, -0.2) is 0 Å². The van der Waals surface area contributed by atoms with Crippen molar-refractivity contribution in [1.82, 2.24) is 0 Å². The van der Waals surface area contributed by atoms with E-state index in [0.29, 0.717) is 6.61 Å². The standard InChI is InChI=1S/C20H27IO3/c21-11-3-1-2-5-13-23-19-9-7-18-16-20(10-8-17(18)15-19)24-14-6-4-12-22/h7-10,15-16,22H,1-6,11-14H2. The van der Waals surface area contributed by atoms with Gasteiger partial charge in [0.05, 0.1) is 13.2 Å². The molecule has 0 saturated heterocycles. The zero-order chi connectivity index (χ0) is 17.0. The molecule has 0 unspecified atom stereocenters. The molecular weight excluding hydrogens is 415 g/mol. The number of hydrogen-bond acceptors (Lipinski definition) is 3. The summed E-state index contributed by atoms with van der Waals surface area (Å²) in [5.41, 5.74) is 0. The number of unbranched alkanes of at least 4 members (excludes halogenated alkanes) is 4. The fourth-order valence-electron chi connectivity index (χ4n) is 2.53. The molecule has 3 nitrogen and oxygen atoms in total. The molecule has 0 atom stereocenters. The maximum Gasteiger partial charge on any atom is 0.119 e. The molecule has 1 N–H and O–H groups in total. The quantitative estimate of drug-likeness (QED) is 0.273. The van der Waals surface area contributed by atoms with Crippen LogP contribution in [0.2, 0.25) is 0 Å². The number of ether oxygens (including phenoxy) is 2. The van der Waals surface area contributed by atoms with Crippen molar-refractivity contribution >= 4 is 33.4 Å². The molecule has 0 aliphatic carbocycles. The highest BCUT2D eigenvalue weighted by Crippen LogP contribution is 2.25. The van der Waals surface area contributed by atoms with E-state index in [1.54, 1.807) is 0 Å². The Bertz CT molecular complexity index is 600. The van der Waals surface area contributed by atoms with Crippen LogP contribution in [0.5, 0.6) is 11.5 Å². The van der Waals surface area contributed by atoms with Crippen molar-refractivity contribution in [3.05, 3.63) is 36.4 Å². The van der Waals surface area contributed by atoms with Crippen LogP contribution in [0.15, 0.2) is 36.4 Å². The van der Waals surface area contributed by atoms with Gasteiger partial charge in [0.25, 0.3) is 0 Å². The Morgan fingerprint density at radius 2 is 1.25 bits per heavy atom. The van der Waals surface area contributed by atoms with Crippen LogP contribution in [-0.2, 0) is 0 Å². The number of alkyl halides is 1. The van der Waals surface area contributed by atoms with Crippen LogP contribution in [0.3, 0.4) is 0 Å². The molecule has 2 aromatic carbocycles. The third-order valence-electron chi connectivity index (χ3n) is 3.90. The van der Waals surface area contributed by atoms with Crippen molar-refractivity contribution in [2.75, 3.05) is 24.2 Å². The predicted octanol–water partition coefficient (Wildman–Crippen LogP) is 5.37. The number of aliphatic hydroxyl groups excluding tert-OH is 1. The monoisotopic (exact) mass is 442 g/mol. The average molecular weight is 442 g/mol. The Morgan fingerprint density at radius 1 is 0.708 bits per heavy atom. The van der Waals surface area contributed by atoms with Gasteiger partial charge in [0.15, 0.2) is 0 Å². The van der Waals surface area contributed by atoms with Gasteiger partial charge < -0.3 is 14.6 Å². The first-order valence-electron chi connectivity index (χ1n) is 8.80. The molecule has 0 aliphatic rings. The van der Waals surface area contributed by atoms with E-state index in [0.717, 1.165) is 42.8 Å². The van der Waals surface area contributed by atoms with Crippen molar-refractivity contribution in [3.8, 4) is 11.5 Å². The highest BCUT2D eigenvalue weighted by atomic mass is 127. The highest BCUT2D eigenvalue weighted by molar-refractivity contribution is 14.1. The predicted molar refractivity (Wildman–Crippen MR) is 109 cm³/mol. The minimum Gasteiger partial charge on any atom is -0.494 e. The number of aliphatic hydroxyl groups is 1. The van der Waals surface area contributed by atoms with Crippen LogP contribution in [0.4, 0.5) is 0 Å². The molecular formula is C20H27IO3. The molecule has 0 heterocycles. The number of halogens is 1. The van der Waals surface area contributed by atoms with Gasteiger partial charge in [0.1, 0.15) is 11.5 Å². The van der Waals surface area contributed by atoms with Gasteiger partial charge in [-0.15, -0.1) is 0 Å². The minimum atomic E-state index is 0.224. The van der Waals surface area contributed by atoms with E-state index in [1.807, 2.05) is 12.1 Å². The number of rotatable bonds is 12. The topological polar surface area (TPSA) is 38.7 Å². The van der Waals surface area contributed by atoms with E-state index in [2.05, 4.69) is 46.9 Å². The van der Waals surface area contributed by atoms with Gasteiger partial charge in [-0.05, 0) is 65.1 Å². The van der Waals surface area contributed by atoms with E-state index in [4.69, 9.17) is 14.6 Å². The molecule has 0 saturated carbocycles. The van der Waals surface area contributed by atoms with E-state index in [1.165, 1.54) is 29.1 Å². The largest absolute Gasteiger partial charge is 0.494 e. The van der Waals surface area contributed by atoms with Gasteiger partial charge in [0, 0.05) is 6.61 Å². The fraction of sp³-hybridized carbons (Fsp3) is 0.500. The van der Waals surface area contributed by atoms with Crippen LogP contribution in [0.25, 0.3) is 10.8 Å². The van der Waals surface area contributed by atoms with Crippen molar-refractivity contribution in [3.63, 3.8) is 0 Å². The van der Waals surface area contributed by atoms with Crippen molar-refractivity contribution in [2.24, 2.45) is 0 Å². The molecule has 132 valence electrons. The van der Waals surface area contributed by atoms with Gasteiger partial charge in [-0.3, -0.25) is 0 Å². The lowest BCUT2D eigenvalue weighted by molar-refractivity contribution is 0.253. The van der Waals surface area contributed by atoms with Gasteiger partial charge >= 0.3 is 0 Å². The number of benzene rings is 2. The second kappa shape index (κ2) is 11.5. The normalized spacial score (nSPS) is 10.9. The van der Waals surface area contributed by atoms with Gasteiger partial charge in [-0.2, -0.15) is 0 Å². The first-order valence-corrected chi connectivity index (χ1v) is 10.3. The lowest BCUT2D eigenvalue weighted by Crippen LogP contribution is -1.99. The Labute approximate surface area is 158 Å².